The molecule has 0 atom stereocenters. The largest absolute Gasteiger partial charge is 0.435 e. The third-order valence-corrected chi connectivity index (χ3v) is 7.24. The number of fused-ring (bicyclic) bond motifs is 1. The number of nitriles is 1. The average molecular weight is 496 g/mol. The van der Waals surface area contributed by atoms with Gasteiger partial charge in [0.1, 0.15) is 30.1 Å². The van der Waals surface area contributed by atoms with Gasteiger partial charge >= 0.3 is 6.61 Å². The molecule has 1 aromatic carbocycles. The molecule has 0 aliphatic heterocycles. The summed E-state index contributed by atoms with van der Waals surface area (Å²) in [5.41, 5.74) is 1.52. The van der Waals surface area contributed by atoms with Crippen LogP contribution in [0.2, 0.25) is 0 Å². The Kier molecular flexibility index (Phi) is 6.77. The molecule has 1 N–H and O–H groups in total. The number of sulfonamides is 1. The lowest BCUT2D eigenvalue weighted by Crippen LogP contribution is -2.37. The van der Waals surface area contributed by atoms with Gasteiger partial charge in [0.2, 0.25) is 10.0 Å². The first-order valence-electron chi connectivity index (χ1n) is 10.4. The number of pyridine rings is 1. The summed E-state index contributed by atoms with van der Waals surface area (Å²) in [5.74, 6) is -0.0487. The van der Waals surface area contributed by atoms with Gasteiger partial charge in [-0.3, -0.25) is 4.98 Å². The van der Waals surface area contributed by atoms with Crippen LogP contribution >= 0.6 is 0 Å². The predicted octanol–water partition coefficient (Wildman–Crippen LogP) is 4.49. The normalized spacial score (nSPS) is 14.5. The summed E-state index contributed by atoms with van der Waals surface area (Å²) in [6, 6.07) is 7.60. The molecule has 1 aliphatic carbocycles. The molecule has 34 heavy (non-hydrogen) atoms. The van der Waals surface area contributed by atoms with Crippen LogP contribution in [0.15, 0.2) is 41.4 Å². The van der Waals surface area contributed by atoms with Crippen LogP contribution in [0.1, 0.15) is 30.9 Å². The fraction of sp³-hybridized carbons (Fsp3) is 0.364. The lowest BCUT2D eigenvalue weighted by molar-refractivity contribution is -0.0497. The summed E-state index contributed by atoms with van der Waals surface area (Å²) in [6.45, 7) is -5.41. The third-order valence-electron chi connectivity index (χ3n) is 5.74. The Labute approximate surface area is 193 Å². The van der Waals surface area contributed by atoms with Gasteiger partial charge < -0.3 is 9.30 Å². The molecule has 1 fully saturated rings. The van der Waals surface area contributed by atoms with Gasteiger partial charge in [0.05, 0.1) is 28.5 Å². The van der Waals surface area contributed by atoms with Crippen molar-refractivity contribution in [3.63, 3.8) is 0 Å². The Bertz CT molecular complexity index is 1330. The van der Waals surface area contributed by atoms with E-state index in [1.807, 2.05) is 9.29 Å². The SMILES string of the molecule is N#Cc1c(-c2ccc(S(=O)(=O)NC(CF)CF)cn2)n(C2CCC2)c2cc(OC(F)F)ccc12. The van der Waals surface area contributed by atoms with Crippen LogP contribution in [0.25, 0.3) is 22.3 Å². The smallest absolute Gasteiger partial charge is 0.387 e. The number of nitrogens with one attached hydrogen (secondary N) is 1. The summed E-state index contributed by atoms with van der Waals surface area (Å²) >= 11 is 0. The van der Waals surface area contributed by atoms with Crippen molar-refractivity contribution in [2.24, 2.45) is 0 Å². The molecule has 3 aromatic rings. The van der Waals surface area contributed by atoms with Gasteiger partial charge in [-0.05, 0) is 43.5 Å². The molecule has 0 amide bonds. The van der Waals surface area contributed by atoms with E-state index in [0.717, 1.165) is 25.5 Å². The zero-order chi connectivity index (χ0) is 24.5. The Hall–Kier alpha value is -3.17. The zero-order valence-electron chi connectivity index (χ0n) is 17.7. The van der Waals surface area contributed by atoms with E-state index in [9.17, 15) is 31.2 Å². The molecule has 12 heteroatoms. The van der Waals surface area contributed by atoms with Crippen molar-refractivity contribution in [3.8, 4) is 23.2 Å². The Balaban J connectivity index is 1.81. The van der Waals surface area contributed by atoms with Crippen molar-refractivity contribution in [2.75, 3.05) is 13.3 Å². The topological polar surface area (TPSA) is 97.0 Å². The van der Waals surface area contributed by atoms with Crippen LogP contribution in [0, 0.1) is 11.3 Å². The zero-order valence-corrected chi connectivity index (χ0v) is 18.5. The highest BCUT2D eigenvalue weighted by Crippen LogP contribution is 2.43. The maximum Gasteiger partial charge on any atom is 0.387 e. The minimum atomic E-state index is -4.21. The maximum atomic E-state index is 12.8. The fourth-order valence-electron chi connectivity index (χ4n) is 3.93. The second kappa shape index (κ2) is 9.60. The molecule has 1 aliphatic rings. The van der Waals surface area contributed by atoms with Gasteiger partial charge in [-0.15, -0.1) is 0 Å². The number of nitrogens with zero attached hydrogens (tertiary/aromatic N) is 3. The molecule has 4 rings (SSSR count). The van der Waals surface area contributed by atoms with Gasteiger partial charge in [0, 0.05) is 23.7 Å². The molecule has 1 saturated carbocycles. The van der Waals surface area contributed by atoms with E-state index in [0.29, 0.717) is 22.3 Å². The monoisotopic (exact) mass is 496 g/mol. The van der Waals surface area contributed by atoms with E-state index in [1.165, 1.54) is 30.3 Å². The van der Waals surface area contributed by atoms with E-state index in [1.54, 1.807) is 0 Å². The Morgan fingerprint density at radius 1 is 1.21 bits per heavy atom. The molecular formula is C22H20F4N4O3S. The number of halogens is 4. The Morgan fingerprint density at radius 3 is 2.47 bits per heavy atom. The van der Waals surface area contributed by atoms with Gasteiger partial charge in [0.25, 0.3) is 0 Å². The summed E-state index contributed by atoms with van der Waals surface area (Å²) in [7, 11) is -4.21. The first-order valence-corrected chi connectivity index (χ1v) is 11.9. The quantitative estimate of drug-likeness (QED) is 0.441. The van der Waals surface area contributed by atoms with Crippen LogP contribution in [-0.4, -0.2) is 44.0 Å². The minimum absolute atomic E-state index is 0.00291. The van der Waals surface area contributed by atoms with Gasteiger partial charge in [-0.1, -0.05) is 0 Å². The third kappa shape index (κ3) is 4.45. The number of hydrogen-bond donors (Lipinski definition) is 1. The van der Waals surface area contributed by atoms with Crippen LogP contribution in [0.5, 0.6) is 5.75 Å². The Morgan fingerprint density at radius 2 is 1.94 bits per heavy atom. The van der Waals surface area contributed by atoms with E-state index in [-0.39, 0.29) is 22.3 Å². The van der Waals surface area contributed by atoms with E-state index in [4.69, 9.17) is 0 Å². The van der Waals surface area contributed by atoms with Crippen LogP contribution in [-0.2, 0) is 10.0 Å². The molecule has 0 unspecified atom stereocenters. The number of hydrogen-bond acceptors (Lipinski definition) is 5. The summed E-state index contributed by atoms with van der Waals surface area (Å²) in [6.07, 6.45) is 3.62. The highest BCUT2D eigenvalue weighted by atomic mass is 32.2. The fourth-order valence-corrected chi connectivity index (χ4v) is 5.07. The second-order valence-electron chi connectivity index (χ2n) is 7.85. The summed E-state index contributed by atoms with van der Waals surface area (Å²) in [4.78, 5) is 3.93. The van der Waals surface area contributed by atoms with Crippen molar-refractivity contribution >= 4 is 20.9 Å². The first kappa shape index (κ1) is 24.0. The molecular weight excluding hydrogens is 476 g/mol. The van der Waals surface area contributed by atoms with Gasteiger partial charge in [-0.25, -0.2) is 21.9 Å². The lowest BCUT2D eigenvalue weighted by atomic mass is 9.92. The number of ether oxygens (including phenoxy) is 1. The number of benzene rings is 1. The number of rotatable bonds is 9. The molecule has 2 aromatic heterocycles. The van der Waals surface area contributed by atoms with Crippen molar-refractivity contribution in [3.05, 3.63) is 42.1 Å². The van der Waals surface area contributed by atoms with Crippen LogP contribution < -0.4 is 9.46 Å². The van der Waals surface area contributed by atoms with Crippen molar-refractivity contribution in [1.29, 1.82) is 5.26 Å². The van der Waals surface area contributed by atoms with Gasteiger partial charge in [0.15, 0.2) is 0 Å². The standard InChI is InChI=1S/C22H20F4N4O3S/c23-9-13(10-24)29-34(31,32)16-5-7-19(28-12-16)21-18(11-27)17-6-4-15(33-22(25)26)8-20(17)30(21)14-2-1-3-14/h4-8,12-14,22,29H,1-3,9-10H2. The van der Waals surface area contributed by atoms with Crippen LogP contribution in [0.3, 0.4) is 0 Å². The molecule has 0 radical (unpaired) electrons. The molecule has 7 nitrogen and oxygen atoms in total. The van der Waals surface area contributed by atoms with Crippen molar-refractivity contribution in [2.45, 2.75) is 42.9 Å². The number of aromatic nitrogens is 2. The highest BCUT2D eigenvalue weighted by Gasteiger charge is 2.29. The van der Waals surface area contributed by atoms with Crippen molar-refractivity contribution in [1.82, 2.24) is 14.3 Å². The van der Waals surface area contributed by atoms with E-state index >= 15 is 0 Å². The second-order valence-corrected chi connectivity index (χ2v) is 9.57. The van der Waals surface area contributed by atoms with Gasteiger partial charge in [-0.2, -0.15) is 14.0 Å². The number of alkyl halides is 4. The highest BCUT2D eigenvalue weighted by molar-refractivity contribution is 7.89. The van der Waals surface area contributed by atoms with E-state index < -0.39 is 36.0 Å². The minimum Gasteiger partial charge on any atom is -0.435 e. The summed E-state index contributed by atoms with van der Waals surface area (Å²) in [5, 5.41) is 10.4. The molecule has 0 spiro atoms. The first-order chi connectivity index (χ1) is 16.3. The van der Waals surface area contributed by atoms with Crippen molar-refractivity contribution < 1.29 is 30.7 Å². The predicted molar refractivity (Wildman–Crippen MR) is 115 cm³/mol. The molecule has 2 heterocycles. The van der Waals surface area contributed by atoms with E-state index in [2.05, 4.69) is 15.8 Å². The van der Waals surface area contributed by atoms with Crippen LogP contribution in [0.4, 0.5) is 17.6 Å². The molecule has 180 valence electrons. The molecule has 0 bridgehead atoms. The maximum absolute atomic E-state index is 12.8. The molecule has 0 saturated heterocycles. The lowest BCUT2D eigenvalue weighted by Gasteiger charge is -2.30. The average Bonchev–Trinajstić information content (AvgIpc) is 3.09. The summed E-state index contributed by atoms with van der Waals surface area (Å²) < 4.78 is 84.2.